The van der Waals surface area contributed by atoms with Gasteiger partial charge < -0.3 is 10.4 Å². The number of hydrogen-bond donors (Lipinski definition) is 2. The van der Waals surface area contributed by atoms with Gasteiger partial charge in [0.2, 0.25) is 0 Å². The number of aromatic hydroxyl groups is 1. The lowest BCUT2D eigenvalue weighted by atomic mass is 10.0. The van der Waals surface area contributed by atoms with Crippen molar-refractivity contribution in [3.8, 4) is 5.75 Å². The molecule has 0 saturated carbocycles. The molecule has 0 fully saturated rings. The molecule has 0 saturated heterocycles. The lowest BCUT2D eigenvalue weighted by Crippen LogP contribution is -2.10. The van der Waals surface area contributed by atoms with Crippen LogP contribution in [-0.2, 0) is 0 Å². The summed E-state index contributed by atoms with van der Waals surface area (Å²) in [6, 6.07) is 9.55. The fraction of sp³-hybridized carbons (Fsp3) is 0.267. The number of aryl methyl sites for hydroxylation is 1. The van der Waals surface area contributed by atoms with Gasteiger partial charge in [0, 0.05) is 6.20 Å². The molecule has 0 bridgehead atoms. The quantitative estimate of drug-likeness (QED) is 0.860. The van der Waals surface area contributed by atoms with Crippen LogP contribution in [0.15, 0.2) is 42.7 Å². The first kappa shape index (κ1) is 12.4. The number of pyridine rings is 1. The molecule has 1 unspecified atom stereocenters. The average Bonchev–Trinajstić information content (AvgIpc) is 2.39. The molecular weight excluding hydrogens is 224 g/mol. The highest BCUT2D eigenvalue weighted by Gasteiger charge is 2.10. The van der Waals surface area contributed by atoms with Gasteiger partial charge in [-0.25, -0.2) is 0 Å². The monoisotopic (exact) mass is 242 g/mol. The van der Waals surface area contributed by atoms with E-state index >= 15 is 0 Å². The summed E-state index contributed by atoms with van der Waals surface area (Å²) in [5.74, 6) is 0.297. The first-order valence-electron chi connectivity index (χ1n) is 6.16. The second kappa shape index (κ2) is 5.54. The number of nitrogens with one attached hydrogen (secondary N) is 1. The molecule has 0 aliphatic heterocycles. The standard InChI is InChI=1S/C15H18N2O/c1-3-14(12-4-6-13(18)7-5-12)17-15-10-16-9-8-11(15)2/h4-10,14,17-18H,3H2,1-2H3. The zero-order valence-electron chi connectivity index (χ0n) is 10.7. The van der Waals surface area contributed by atoms with E-state index in [9.17, 15) is 5.11 Å². The number of hydrogen-bond acceptors (Lipinski definition) is 3. The number of phenolic OH excluding ortho intramolecular Hbond substituents is 1. The molecule has 2 N–H and O–H groups in total. The molecule has 1 aromatic carbocycles. The zero-order valence-corrected chi connectivity index (χ0v) is 10.7. The normalized spacial score (nSPS) is 12.1. The lowest BCUT2D eigenvalue weighted by molar-refractivity contribution is 0.475. The summed E-state index contributed by atoms with van der Waals surface area (Å²) in [5, 5.41) is 12.8. The van der Waals surface area contributed by atoms with Gasteiger partial charge in [0.15, 0.2) is 0 Å². The molecule has 1 aromatic heterocycles. The molecule has 94 valence electrons. The van der Waals surface area contributed by atoms with Crippen molar-refractivity contribution in [1.29, 1.82) is 0 Å². The van der Waals surface area contributed by atoms with Crippen molar-refractivity contribution >= 4 is 5.69 Å². The average molecular weight is 242 g/mol. The minimum absolute atomic E-state index is 0.230. The Morgan fingerprint density at radius 1 is 1.22 bits per heavy atom. The molecule has 0 amide bonds. The fourth-order valence-electron chi connectivity index (χ4n) is 1.93. The van der Waals surface area contributed by atoms with E-state index in [1.807, 2.05) is 24.4 Å². The van der Waals surface area contributed by atoms with Crippen LogP contribution in [0.1, 0.15) is 30.5 Å². The minimum Gasteiger partial charge on any atom is -0.508 e. The smallest absolute Gasteiger partial charge is 0.115 e. The number of nitrogens with zero attached hydrogens (tertiary/aromatic N) is 1. The first-order chi connectivity index (χ1) is 8.70. The van der Waals surface area contributed by atoms with Crippen molar-refractivity contribution in [1.82, 2.24) is 4.98 Å². The van der Waals surface area contributed by atoms with Crippen molar-refractivity contribution in [2.24, 2.45) is 0 Å². The first-order valence-corrected chi connectivity index (χ1v) is 6.16. The summed E-state index contributed by atoms with van der Waals surface area (Å²) in [4.78, 5) is 4.14. The van der Waals surface area contributed by atoms with E-state index < -0.39 is 0 Å². The van der Waals surface area contributed by atoms with E-state index in [2.05, 4.69) is 24.1 Å². The Bertz CT molecular complexity index is 508. The molecule has 2 rings (SSSR count). The molecule has 0 aliphatic rings. The van der Waals surface area contributed by atoms with E-state index in [-0.39, 0.29) is 6.04 Å². The molecule has 1 heterocycles. The Balaban J connectivity index is 2.20. The summed E-state index contributed by atoms with van der Waals surface area (Å²) < 4.78 is 0. The summed E-state index contributed by atoms with van der Waals surface area (Å²) >= 11 is 0. The Morgan fingerprint density at radius 2 is 1.94 bits per heavy atom. The van der Waals surface area contributed by atoms with Gasteiger partial charge in [-0.15, -0.1) is 0 Å². The van der Waals surface area contributed by atoms with E-state index in [4.69, 9.17) is 0 Å². The van der Waals surface area contributed by atoms with Gasteiger partial charge in [0.05, 0.1) is 17.9 Å². The Morgan fingerprint density at radius 3 is 2.56 bits per heavy atom. The Hall–Kier alpha value is -2.03. The lowest BCUT2D eigenvalue weighted by Gasteiger charge is -2.19. The number of benzene rings is 1. The Labute approximate surface area is 108 Å². The van der Waals surface area contributed by atoms with Gasteiger partial charge >= 0.3 is 0 Å². The fourth-order valence-corrected chi connectivity index (χ4v) is 1.93. The van der Waals surface area contributed by atoms with Gasteiger partial charge in [-0.2, -0.15) is 0 Å². The Kier molecular flexibility index (Phi) is 3.82. The van der Waals surface area contributed by atoms with Gasteiger partial charge in [0.1, 0.15) is 5.75 Å². The molecule has 0 radical (unpaired) electrons. The molecule has 1 atom stereocenters. The SMILES string of the molecule is CCC(Nc1cnccc1C)c1ccc(O)cc1. The van der Waals surface area contributed by atoms with Crippen LogP contribution in [0.4, 0.5) is 5.69 Å². The van der Waals surface area contributed by atoms with Crippen LogP contribution in [0.25, 0.3) is 0 Å². The third-order valence-corrected chi connectivity index (χ3v) is 3.07. The molecule has 0 aliphatic carbocycles. The maximum absolute atomic E-state index is 9.31. The summed E-state index contributed by atoms with van der Waals surface area (Å²) in [5.41, 5.74) is 3.40. The predicted molar refractivity (Wildman–Crippen MR) is 73.7 cm³/mol. The van der Waals surface area contributed by atoms with Crippen molar-refractivity contribution in [3.63, 3.8) is 0 Å². The second-order valence-corrected chi connectivity index (χ2v) is 4.39. The van der Waals surface area contributed by atoms with Gasteiger partial charge in [-0.3, -0.25) is 4.98 Å². The molecule has 2 aromatic rings. The summed E-state index contributed by atoms with van der Waals surface area (Å²) in [6.45, 7) is 4.20. The van der Waals surface area contributed by atoms with E-state index in [0.717, 1.165) is 12.1 Å². The topological polar surface area (TPSA) is 45.2 Å². The molecule has 0 spiro atoms. The third kappa shape index (κ3) is 2.80. The van der Waals surface area contributed by atoms with Crippen LogP contribution < -0.4 is 5.32 Å². The van der Waals surface area contributed by atoms with E-state index in [0.29, 0.717) is 5.75 Å². The van der Waals surface area contributed by atoms with Crippen molar-refractivity contribution in [3.05, 3.63) is 53.9 Å². The molecule has 3 heteroatoms. The number of anilines is 1. The largest absolute Gasteiger partial charge is 0.508 e. The number of aromatic nitrogens is 1. The van der Waals surface area contributed by atoms with Crippen LogP contribution in [0, 0.1) is 6.92 Å². The number of phenols is 1. The van der Waals surface area contributed by atoms with Crippen LogP contribution in [-0.4, -0.2) is 10.1 Å². The van der Waals surface area contributed by atoms with Crippen LogP contribution in [0.2, 0.25) is 0 Å². The van der Waals surface area contributed by atoms with Crippen molar-refractivity contribution in [2.45, 2.75) is 26.3 Å². The minimum atomic E-state index is 0.230. The van der Waals surface area contributed by atoms with Crippen LogP contribution in [0.3, 0.4) is 0 Å². The number of rotatable bonds is 4. The van der Waals surface area contributed by atoms with E-state index in [1.54, 1.807) is 18.3 Å². The molecular formula is C15H18N2O. The van der Waals surface area contributed by atoms with Gasteiger partial charge in [0.25, 0.3) is 0 Å². The van der Waals surface area contributed by atoms with Crippen molar-refractivity contribution < 1.29 is 5.11 Å². The maximum Gasteiger partial charge on any atom is 0.115 e. The highest BCUT2D eigenvalue weighted by molar-refractivity contribution is 5.50. The molecule has 18 heavy (non-hydrogen) atoms. The van der Waals surface area contributed by atoms with Crippen LogP contribution >= 0.6 is 0 Å². The van der Waals surface area contributed by atoms with Gasteiger partial charge in [-0.1, -0.05) is 19.1 Å². The molecule has 3 nitrogen and oxygen atoms in total. The predicted octanol–water partition coefficient (Wildman–Crippen LogP) is 3.66. The highest BCUT2D eigenvalue weighted by Crippen LogP contribution is 2.25. The van der Waals surface area contributed by atoms with Crippen LogP contribution in [0.5, 0.6) is 5.75 Å². The van der Waals surface area contributed by atoms with E-state index in [1.165, 1.54) is 11.1 Å². The van der Waals surface area contributed by atoms with Gasteiger partial charge in [-0.05, 0) is 42.7 Å². The highest BCUT2D eigenvalue weighted by atomic mass is 16.3. The zero-order chi connectivity index (χ0) is 13.0. The summed E-state index contributed by atoms with van der Waals surface area (Å²) in [7, 11) is 0. The van der Waals surface area contributed by atoms with Crippen molar-refractivity contribution in [2.75, 3.05) is 5.32 Å². The maximum atomic E-state index is 9.31. The third-order valence-electron chi connectivity index (χ3n) is 3.07. The summed E-state index contributed by atoms with van der Waals surface area (Å²) in [6.07, 6.45) is 4.61. The second-order valence-electron chi connectivity index (χ2n) is 4.39.